The summed E-state index contributed by atoms with van der Waals surface area (Å²) < 4.78 is 13.7. The highest BCUT2D eigenvalue weighted by molar-refractivity contribution is 9.10. The lowest BCUT2D eigenvalue weighted by Crippen LogP contribution is -2.44. The molecule has 1 saturated carbocycles. The lowest BCUT2D eigenvalue weighted by Gasteiger charge is -2.32. The molecule has 0 spiro atoms. The summed E-state index contributed by atoms with van der Waals surface area (Å²) in [6, 6.07) is 4.23. The van der Waals surface area contributed by atoms with Crippen LogP contribution in [0.15, 0.2) is 22.7 Å². The van der Waals surface area contributed by atoms with Crippen LogP contribution in [0.3, 0.4) is 0 Å². The molecule has 0 saturated heterocycles. The Bertz CT molecular complexity index is 473. The van der Waals surface area contributed by atoms with Gasteiger partial charge in [-0.2, -0.15) is 0 Å². The average molecular weight is 330 g/mol. The van der Waals surface area contributed by atoms with Crippen molar-refractivity contribution in [3.8, 4) is 0 Å². The molecular weight excluding hydrogens is 313 g/mol. The number of hydrogen-bond donors (Lipinski definition) is 2. The molecule has 0 heterocycles. The summed E-state index contributed by atoms with van der Waals surface area (Å²) in [6.45, 7) is 0.226. The van der Waals surface area contributed by atoms with Crippen molar-refractivity contribution >= 4 is 21.8 Å². The van der Waals surface area contributed by atoms with Crippen molar-refractivity contribution < 1.29 is 14.3 Å². The zero-order chi connectivity index (χ0) is 13.9. The normalized spacial score (nSPS) is 18.1. The fourth-order valence-electron chi connectivity index (χ4n) is 2.37. The first kappa shape index (κ1) is 14.5. The van der Waals surface area contributed by atoms with Crippen molar-refractivity contribution in [3.63, 3.8) is 0 Å². The number of hydrogen-bond acceptors (Lipinski definition) is 2. The van der Waals surface area contributed by atoms with Gasteiger partial charge in [-0.1, -0.05) is 19.3 Å². The van der Waals surface area contributed by atoms with E-state index in [1.54, 1.807) is 6.07 Å². The van der Waals surface area contributed by atoms with Gasteiger partial charge >= 0.3 is 0 Å². The third-order valence-corrected chi connectivity index (χ3v) is 4.19. The summed E-state index contributed by atoms with van der Waals surface area (Å²) in [7, 11) is 0. The highest BCUT2D eigenvalue weighted by atomic mass is 79.9. The topological polar surface area (TPSA) is 49.3 Å². The Morgan fingerprint density at radius 1 is 1.37 bits per heavy atom. The predicted molar refractivity (Wildman–Crippen MR) is 74.5 cm³/mol. The highest BCUT2D eigenvalue weighted by Gasteiger charge is 2.29. The van der Waals surface area contributed by atoms with Crippen molar-refractivity contribution in [2.24, 2.45) is 0 Å². The van der Waals surface area contributed by atoms with E-state index in [9.17, 15) is 14.3 Å². The second-order valence-electron chi connectivity index (χ2n) is 5.10. The number of aliphatic hydroxyl groups is 1. The van der Waals surface area contributed by atoms with Gasteiger partial charge in [-0.25, -0.2) is 4.39 Å². The Morgan fingerprint density at radius 3 is 2.68 bits per heavy atom. The van der Waals surface area contributed by atoms with Crippen LogP contribution >= 0.6 is 15.9 Å². The number of amides is 1. The van der Waals surface area contributed by atoms with Gasteiger partial charge in [-0.15, -0.1) is 0 Å². The summed E-state index contributed by atoms with van der Waals surface area (Å²) in [4.78, 5) is 11.9. The van der Waals surface area contributed by atoms with Gasteiger partial charge in [0, 0.05) is 12.1 Å². The maximum absolute atomic E-state index is 13.3. The summed E-state index contributed by atoms with van der Waals surface area (Å²) in [5, 5.41) is 13.0. The monoisotopic (exact) mass is 329 g/mol. The first-order valence-electron chi connectivity index (χ1n) is 6.46. The first-order chi connectivity index (χ1) is 9.00. The quantitative estimate of drug-likeness (QED) is 0.895. The van der Waals surface area contributed by atoms with E-state index in [4.69, 9.17) is 0 Å². The van der Waals surface area contributed by atoms with Gasteiger partial charge in [-0.3, -0.25) is 4.79 Å². The van der Waals surface area contributed by atoms with E-state index in [1.807, 2.05) is 0 Å². The van der Waals surface area contributed by atoms with Crippen molar-refractivity contribution in [2.45, 2.75) is 37.7 Å². The Labute approximate surface area is 120 Å². The fourth-order valence-corrected chi connectivity index (χ4v) is 2.62. The van der Waals surface area contributed by atoms with Crippen LogP contribution in [-0.2, 0) is 0 Å². The minimum Gasteiger partial charge on any atom is -0.388 e. The minimum absolute atomic E-state index is 0.226. The molecule has 0 unspecified atom stereocenters. The molecule has 1 aromatic carbocycles. The maximum atomic E-state index is 13.3. The Morgan fingerprint density at radius 2 is 2.05 bits per heavy atom. The molecule has 104 valence electrons. The molecule has 1 fully saturated rings. The average Bonchev–Trinajstić information content (AvgIpc) is 2.40. The van der Waals surface area contributed by atoms with Crippen LogP contribution in [0.5, 0.6) is 0 Å². The zero-order valence-corrected chi connectivity index (χ0v) is 12.2. The highest BCUT2D eigenvalue weighted by Crippen LogP contribution is 2.27. The molecule has 0 aromatic heterocycles. The van der Waals surface area contributed by atoms with Crippen LogP contribution in [0.4, 0.5) is 4.39 Å². The van der Waals surface area contributed by atoms with E-state index < -0.39 is 11.4 Å². The van der Waals surface area contributed by atoms with E-state index >= 15 is 0 Å². The van der Waals surface area contributed by atoms with Crippen molar-refractivity contribution in [3.05, 3.63) is 34.1 Å². The molecule has 1 amide bonds. The SMILES string of the molecule is O=C(NCC1(O)CCCCC1)c1ccc(Br)c(F)c1. The van der Waals surface area contributed by atoms with Gasteiger partial charge in [0.05, 0.1) is 10.1 Å². The van der Waals surface area contributed by atoms with Crippen molar-refractivity contribution in [1.82, 2.24) is 5.32 Å². The van der Waals surface area contributed by atoms with Crippen molar-refractivity contribution in [2.75, 3.05) is 6.54 Å². The number of rotatable bonds is 3. The minimum atomic E-state index is -0.804. The third-order valence-electron chi connectivity index (χ3n) is 3.54. The van der Waals surface area contributed by atoms with E-state index in [2.05, 4.69) is 21.2 Å². The molecule has 3 nitrogen and oxygen atoms in total. The Hall–Kier alpha value is -0.940. The summed E-state index contributed by atoms with van der Waals surface area (Å²) in [5.41, 5.74) is -0.540. The second-order valence-corrected chi connectivity index (χ2v) is 5.95. The van der Waals surface area contributed by atoms with E-state index in [0.717, 1.165) is 19.3 Å². The van der Waals surface area contributed by atoms with Crippen LogP contribution in [0.25, 0.3) is 0 Å². The van der Waals surface area contributed by atoms with Gasteiger partial charge in [0.2, 0.25) is 0 Å². The molecule has 0 bridgehead atoms. The van der Waals surface area contributed by atoms with Gasteiger partial charge in [0.1, 0.15) is 5.82 Å². The first-order valence-corrected chi connectivity index (χ1v) is 7.25. The smallest absolute Gasteiger partial charge is 0.251 e. The predicted octanol–water partition coefficient (Wildman–Crippen LogP) is 3.01. The molecule has 1 aliphatic rings. The number of carbonyl (C=O) groups is 1. The number of benzene rings is 1. The third kappa shape index (κ3) is 3.76. The second kappa shape index (κ2) is 6.01. The van der Waals surface area contributed by atoms with Crippen molar-refractivity contribution in [1.29, 1.82) is 0 Å². The van der Waals surface area contributed by atoms with Gasteiger partial charge in [-0.05, 0) is 47.0 Å². The fraction of sp³-hybridized carbons (Fsp3) is 0.500. The lowest BCUT2D eigenvalue weighted by atomic mass is 9.85. The largest absolute Gasteiger partial charge is 0.388 e. The van der Waals surface area contributed by atoms with E-state index in [-0.39, 0.29) is 18.0 Å². The molecule has 1 aromatic rings. The maximum Gasteiger partial charge on any atom is 0.251 e. The van der Waals surface area contributed by atoms with E-state index in [1.165, 1.54) is 12.1 Å². The molecular formula is C14H17BrFNO2. The molecule has 0 aliphatic heterocycles. The van der Waals surface area contributed by atoms with E-state index in [0.29, 0.717) is 17.3 Å². The molecule has 2 rings (SSSR count). The Kier molecular flexibility index (Phi) is 4.58. The molecule has 19 heavy (non-hydrogen) atoms. The Balaban J connectivity index is 1.95. The van der Waals surface area contributed by atoms with Crippen LogP contribution in [-0.4, -0.2) is 23.2 Å². The zero-order valence-electron chi connectivity index (χ0n) is 10.6. The van der Waals surface area contributed by atoms with Crippen LogP contribution in [0, 0.1) is 5.82 Å². The van der Waals surface area contributed by atoms with Gasteiger partial charge < -0.3 is 10.4 Å². The van der Waals surface area contributed by atoms with Crippen LogP contribution < -0.4 is 5.32 Å². The number of halogens is 2. The standard InChI is InChI=1S/C14H17BrFNO2/c15-11-5-4-10(8-12(11)16)13(18)17-9-14(19)6-2-1-3-7-14/h4-5,8,19H,1-3,6-7,9H2,(H,17,18). The molecule has 5 heteroatoms. The summed E-state index contributed by atoms with van der Waals surface area (Å²) in [5.74, 6) is -0.825. The lowest BCUT2D eigenvalue weighted by molar-refractivity contribution is 0.00525. The number of nitrogens with one attached hydrogen (secondary N) is 1. The molecule has 1 aliphatic carbocycles. The summed E-state index contributed by atoms with van der Waals surface area (Å²) >= 11 is 3.04. The summed E-state index contributed by atoms with van der Waals surface area (Å²) in [6.07, 6.45) is 4.52. The molecule has 2 N–H and O–H groups in total. The van der Waals surface area contributed by atoms with Crippen LogP contribution in [0.2, 0.25) is 0 Å². The molecule has 0 atom stereocenters. The van der Waals surface area contributed by atoms with Gasteiger partial charge in [0.15, 0.2) is 0 Å². The van der Waals surface area contributed by atoms with Gasteiger partial charge in [0.25, 0.3) is 5.91 Å². The molecule has 0 radical (unpaired) electrons. The number of carbonyl (C=O) groups excluding carboxylic acids is 1. The van der Waals surface area contributed by atoms with Crippen LogP contribution in [0.1, 0.15) is 42.5 Å².